The number of aromatic nitrogens is 1. The molecule has 0 bridgehead atoms. The van der Waals surface area contributed by atoms with Gasteiger partial charge in [0.1, 0.15) is 6.04 Å². The summed E-state index contributed by atoms with van der Waals surface area (Å²) in [6, 6.07) is 5.45. The molecule has 1 aliphatic heterocycles. The van der Waals surface area contributed by atoms with E-state index in [-0.39, 0.29) is 24.4 Å². The van der Waals surface area contributed by atoms with Gasteiger partial charge in [0, 0.05) is 5.69 Å². The fraction of sp³-hybridized carbons (Fsp3) is 0.500. The monoisotopic (exact) mass is 259 g/mol. The lowest BCUT2D eigenvalue weighted by Gasteiger charge is -2.34. The first-order chi connectivity index (χ1) is 9.15. The van der Waals surface area contributed by atoms with Crippen molar-refractivity contribution in [3.63, 3.8) is 0 Å². The van der Waals surface area contributed by atoms with Crippen molar-refractivity contribution in [2.24, 2.45) is 5.92 Å². The normalized spacial score (nSPS) is 23.4. The highest BCUT2D eigenvalue weighted by molar-refractivity contribution is 5.95. The minimum Gasteiger partial charge on any atom is -0.345 e. The van der Waals surface area contributed by atoms with Crippen LogP contribution in [0.4, 0.5) is 0 Å². The van der Waals surface area contributed by atoms with Crippen LogP contribution in [0.15, 0.2) is 18.2 Å². The van der Waals surface area contributed by atoms with Gasteiger partial charge < -0.3 is 10.2 Å². The molecule has 1 aromatic rings. The summed E-state index contributed by atoms with van der Waals surface area (Å²) in [7, 11) is 0. The van der Waals surface area contributed by atoms with E-state index in [0.29, 0.717) is 12.5 Å². The number of amides is 2. The van der Waals surface area contributed by atoms with Crippen molar-refractivity contribution < 1.29 is 9.59 Å². The second kappa shape index (κ2) is 4.64. The highest BCUT2D eigenvalue weighted by Gasteiger charge is 2.44. The van der Waals surface area contributed by atoms with E-state index < -0.39 is 0 Å². The fourth-order valence-electron chi connectivity index (χ4n) is 2.59. The van der Waals surface area contributed by atoms with Crippen molar-refractivity contribution in [2.75, 3.05) is 6.54 Å². The van der Waals surface area contributed by atoms with E-state index in [1.807, 2.05) is 25.1 Å². The summed E-state index contributed by atoms with van der Waals surface area (Å²) in [4.78, 5) is 30.1. The molecular weight excluding hydrogens is 242 g/mol. The average molecular weight is 259 g/mol. The van der Waals surface area contributed by atoms with Gasteiger partial charge in [-0.3, -0.25) is 14.6 Å². The van der Waals surface area contributed by atoms with Crippen LogP contribution in [0, 0.1) is 12.8 Å². The molecule has 0 spiro atoms. The lowest BCUT2D eigenvalue weighted by Crippen LogP contribution is -2.58. The van der Waals surface area contributed by atoms with E-state index in [2.05, 4.69) is 10.3 Å². The van der Waals surface area contributed by atoms with Crippen molar-refractivity contribution in [3.05, 3.63) is 29.6 Å². The molecule has 100 valence electrons. The first-order valence-electron chi connectivity index (χ1n) is 6.65. The zero-order chi connectivity index (χ0) is 13.4. The quantitative estimate of drug-likeness (QED) is 0.866. The number of rotatable bonds is 3. The maximum Gasteiger partial charge on any atom is 0.243 e. The van der Waals surface area contributed by atoms with Gasteiger partial charge in [-0.2, -0.15) is 0 Å². The molecule has 1 aliphatic carbocycles. The molecule has 1 unspecified atom stereocenters. The van der Waals surface area contributed by atoms with Gasteiger partial charge in [-0.1, -0.05) is 6.07 Å². The summed E-state index contributed by atoms with van der Waals surface area (Å²) < 4.78 is 0. The smallest absolute Gasteiger partial charge is 0.243 e. The number of carbonyl (C=O) groups is 2. The first-order valence-corrected chi connectivity index (χ1v) is 6.65. The van der Waals surface area contributed by atoms with Crippen LogP contribution in [-0.4, -0.2) is 34.3 Å². The molecule has 1 N–H and O–H groups in total. The number of nitrogens with zero attached hydrogens (tertiary/aromatic N) is 2. The van der Waals surface area contributed by atoms with E-state index in [9.17, 15) is 9.59 Å². The van der Waals surface area contributed by atoms with Gasteiger partial charge in [-0.05, 0) is 37.8 Å². The molecule has 0 aromatic carbocycles. The van der Waals surface area contributed by atoms with Crippen LogP contribution in [0.1, 0.15) is 24.2 Å². The molecule has 1 atom stereocenters. The zero-order valence-corrected chi connectivity index (χ0v) is 10.9. The maximum atomic E-state index is 12.1. The summed E-state index contributed by atoms with van der Waals surface area (Å²) in [5, 5.41) is 2.68. The Morgan fingerprint density at radius 3 is 2.84 bits per heavy atom. The molecule has 1 saturated carbocycles. The van der Waals surface area contributed by atoms with Gasteiger partial charge in [0.05, 0.1) is 18.8 Å². The van der Waals surface area contributed by atoms with E-state index >= 15 is 0 Å². The van der Waals surface area contributed by atoms with Crippen LogP contribution in [0.3, 0.4) is 0 Å². The molecule has 3 rings (SSSR count). The van der Waals surface area contributed by atoms with Crippen LogP contribution in [0.2, 0.25) is 0 Å². The molecule has 2 aliphatic rings. The first kappa shape index (κ1) is 12.1. The van der Waals surface area contributed by atoms with Gasteiger partial charge >= 0.3 is 0 Å². The predicted molar refractivity (Wildman–Crippen MR) is 69.0 cm³/mol. The van der Waals surface area contributed by atoms with Crippen LogP contribution in [-0.2, 0) is 16.1 Å². The number of hydrogen-bond acceptors (Lipinski definition) is 3. The lowest BCUT2D eigenvalue weighted by molar-refractivity contribution is -0.147. The summed E-state index contributed by atoms with van der Waals surface area (Å²) in [6.45, 7) is 2.45. The molecule has 2 heterocycles. The fourth-order valence-corrected chi connectivity index (χ4v) is 2.59. The SMILES string of the molecule is Cc1cccc(CN2C(=O)CNC(=O)C2C2CC2)n1. The lowest BCUT2D eigenvalue weighted by atomic mass is 10.1. The molecule has 5 heteroatoms. The average Bonchev–Trinajstić information content (AvgIpc) is 3.18. The van der Waals surface area contributed by atoms with E-state index in [4.69, 9.17) is 0 Å². The Morgan fingerprint density at radius 1 is 1.37 bits per heavy atom. The molecule has 19 heavy (non-hydrogen) atoms. The Morgan fingerprint density at radius 2 is 2.16 bits per heavy atom. The third-order valence-electron chi connectivity index (χ3n) is 3.69. The third kappa shape index (κ3) is 2.45. The van der Waals surface area contributed by atoms with Gasteiger partial charge in [0.15, 0.2) is 0 Å². The summed E-state index contributed by atoms with van der Waals surface area (Å²) in [5.41, 5.74) is 1.77. The van der Waals surface area contributed by atoms with Gasteiger partial charge in [-0.25, -0.2) is 0 Å². The van der Waals surface area contributed by atoms with Crippen molar-refractivity contribution in [3.8, 4) is 0 Å². The molecular formula is C14H17N3O2. The van der Waals surface area contributed by atoms with Gasteiger partial charge in [0.2, 0.25) is 11.8 Å². The van der Waals surface area contributed by atoms with Crippen LogP contribution in [0.5, 0.6) is 0 Å². The number of pyridine rings is 1. The van der Waals surface area contributed by atoms with Crippen molar-refractivity contribution in [1.82, 2.24) is 15.2 Å². The van der Waals surface area contributed by atoms with E-state index in [1.54, 1.807) is 4.90 Å². The second-order valence-corrected chi connectivity index (χ2v) is 5.29. The molecule has 2 amide bonds. The second-order valence-electron chi connectivity index (χ2n) is 5.29. The van der Waals surface area contributed by atoms with Crippen LogP contribution in [0.25, 0.3) is 0 Å². The third-order valence-corrected chi connectivity index (χ3v) is 3.69. The van der Waals surface area contributed by atoms with Crippen LogP contribution >= 0.6 is 0 Å². The topological polar surface area (TPSA) is 62.3 Å². The van der Waals surface area contributed by atoms with Crippen molar-refractivity contribution in [2.45, 2.75) is 32.4 Å². The summed E-state index contributed by atoms with van der Waals surface area (Å²) >= 11 is 0. The number of piperazine rings is 1. The van der Waals surface area contributed by atoms with E-state index in [0.717, 1.165) is 24.2 Å². The Bertz CT molecular complexity index is 525. The summed E-state index contributed by atoms with van der Waals surface area (Å²) in [6.07, 6.45) is 2.06. The molecule has 5 nitrogen and oxygen atoms in total. The van der Waals surface area contributed by atoms with Gasteiger partial charge in [0.25, 0.3) is 0 Å². The molecule has 0 radical (unpaired) electrons. The van der Waals surface area contributed by atoms with E-state index in [1.165, 1.54) is 0 Å². The van der Waals surface area contributed by atoms with Crippen molar-refractivity contribution >= 4 is 11.8 Å². The highest BCUT2D eigenvalue weighted by atomic mass is 16.2. The minimum atomic E-state index is -0.302. The minimum absolute atomic E-state index is 0.0141. The Kier molecular flexibility index (Phi) is 2.97. The summed E-state index contributed by atoms with van der Waals surface area (Å²) in [5.74, 6) is 0.295. The van der Waals surface area contributed by atoms with Gasteiger partial charge in [-0.15, -0.1) is 0 Å². The number of nitrogens with one attached hydrogen (secondary N) is 1. The maximum absolute atomic E-state index is 12.1. The predicted octanol–water partition coefficient (Wildman–Crippen LogP) is 0.627. The standard InChI is InChI=1S/C14H17N3O2/c1-9-3-2-4-11(16-9)8-17-12(18)7-15-14(19)13(17)10-5-6-10/h2-4,10,13H,5-8H2,1H3,(H,15,19). The Labute approximate surface area is 112 Å². The zero-order valence-electron chi connectivity index (χ0n) is 10.9. The number of carbonyl (C=O) groups excluding carboxylic acids is 2. The number of aryl methyl sites for hydroxylation is 1. The van der Waals surface area contributed by atoms with Crippen LogP contribution < -0.4 is 5.32 Å². The highest BCUT2D eigenvalue weighted by Crippen LogP contribution is 2.36. The molecule has 1 saturated heterocycles. The number of hydrogen-bond donors (Lipinski definition) is 1. The van der Waals surface area contributed by atoms with Crippen molar-refractivity contribution in [1.29, 1.82) is 0 Å². The Hall–Kier alpha value is -1.91. The largest absolute Gasteiger partial charge is 0.345 e. The molecule has 2 fully saturated rings. The molecule has 1 aromatic heterocycles. The Balaban J connectivity index is 1.83.